The van der Waals surface area contributed by atoms with Crippen molar-refractivity contribution in [2.24, 2.45) is 5.10 Å². The molecule has 5 nitrogen and oxygen atoms in total. The van der Waals surface area contributed by atoms with Crippen LogP contribution in [0.1, 0.15) is 29.2 Å². The minimum absolute atomic E-state index is 0.0916. The maximum atomic E-state index is 13.0. The van der Waals surface area contributed by atoms with Crippen molar-refractivity contribution in [3.63, 3.8) is 0 Å². The normalized spacial score (nSPS) is 10.9. The van der Waals surface area contributed by atoms with Crippen molar-refractivity contribution in [1.82, 2.24) is 5.43 Å². The molecule has 0 radical (unpaired) electrons. The lowest BCUT2D eigenvalue weighted by Gasteiger charge is -2.14. The van der Waals surface area contributed by atoms with E-state index in [9.17, 15) is 9.18 Å². The van der Waals surface area contributed by atoms with Gasteiger partial charge in [-0.25, -0.2) is 9.82 Å². The van der Waals surface area contributed by atoms with Gasteiger partial charge in [-0.3, -0.25) is 4.79 Å². The Balaban J connectivity index is 1.66. The minimum Gasteiger partial charge on any atom is -0.490 e. The molecular formula is C25H24ClFN2O3. The lowest BCUT2D eigenvalue weighted by atomic mass is 10.1. The molecule has 0 heterocycles. The molecule has 0 saturated carbocycles. The van der Waals surface area contributed by atoms with Gasteiger partial charge in [0.25, 0.3) is 0 Å². The van der Waals surface area contributed by atoms with Gasteiger partial charge < -0.3 is 9.47 Å². The lowest BCUT2D eigenvalue weighted by Crippen LogP contribution is -2.19. The fraction of sp³-hybridized carbons (Fsp3) is 0.200. The smallest absolute Gasteiger partial charge is 0.244 e. The molecule has 0 fully saturated rings. The van der Waals surface area contributed by atoms with Gasteiger partial charge in [0.15, 0.2) is 11.5 Å². The van der Waals surface area contributed by atoms with Crippen molar-refractivity contribution >= 4 is 23.7 Å². The second-order valence-electron chi connectivity index (χ2n) is 7.14. The molecule has 3 aromatic rings. The van der Waals surface area contributed by atoms with Gasteiger partial charge >= 0.3 is 0 Å². The van der Waals surface area contributed by atoms with Crippen LogP contribution < -0.4 is 14.9 Å². The van der Waals surface area contributed by atoms with Crippen LogP contribution in [-0.4, -0.2) is 18.7 Å². The number of carbonyl (C=O) groups is 1. The summed E-state index contributed by atoms with van der Waals surface area (Å²) in [7, 11) is 0. The average Bonchev–Trinajstić information content (AvgIpc) is 2.75. The topological polar surface area (TPSA) is 59.9 Å². The Bertz CT molecular complexity index is 1100. The van der Waals surface area contributed by atoms with E-state index in [0.717, 1.165) is 11.1 Å². The monoisotopic (exact) mass is 454 g/mol. The molecule has 3 rings (SSSR count). The molecule has 7 heteroatoms. The standard InChI is InChI=1S/C25H24ClFN2O3/c1-3-31-23-13-20(15-28-29-24(30)14-18-7-9-21(27)10-8-18)12-22(26)25(23)32-16-19-6-4-5-17(2)11-19/h4-13,15H,3,14,16H2,1-2H3,(H,29,30)/b28-15+. The molecule has 0 aromatic heterocycles. The molecule has 0 unspecified atom stereocenters. The van der Waals surface area contributed by atoms with Crippen LogP contribution in [0, 0.1) is 12.7 Å². The third kappa shape index (κ3) is 6.82. The summed E-state index contributed by atoms with van der Waals surface area (Å²) in [4.78, 5) is 12.0. The first-order valence-electron chi connectivity index (χ1n) is 10.2. The maximum absolute atomic E-state index is 13.0. The van der Waals surface area contributed by atoms with Crippen LogP contribution in [0.2, 0.25) is 5.02 Å². The van der Waals surface area contributed by atoms with Crippen LogP contribution in [0.15, 0.2) is 65.8 Å². The minimum atomic E-state index is -0.347. The van der Waals surface area contributed by atoms with Crippen molar-refractivity contribution in [2.45, 2.75) is 26.9 Å². The number of amides is 1. The molecule has 0 aliphatic rings. The number of nitrogens with one attached hydrogen (secondary N) is 1. The van der Waals surface area contributed by atoms with Crippen molar-refractivity contribution in [3.8, 4) is 11.5 Å². The number of halogens is 2. The zero-order valence-corrected chi connectivity index (χ0v) is 18.7. The first kappa shape index (κ1) is 23.3. The Hall–Kier alpha value is -3.38. The molecule has 1 amide bonds. The summed E-state index contributed by atoms with van der Waals surface area (Å²) in [6, 6.07) is 17.2. The van der Waals surface area contributed by atoms with Crippen LogP contribution in [0.5, 0.6) is 11.5 Å². The Labute approximate surface area is 191 Å². The molecule has 3 aromatic carbocycles. The Morgan fingerprint density at radius 1 is 1.09 bits per heavy atom. The van der Waals surface area contributed by atoms with Crippen LogP contribution in [-0.2, 0) is 17.8 Å². The quantitative estimate of drug-likeness (QED) is 0.345. The van der Waals surface area contributed by atoms with Crippen LogP contribution in [0.4, 0.5) is 4.39 Å². The third-order valence-corrected chi connectivity index (χ3v) is 4.76. The molecule has 0 atom stereocenters. The summed E-state index contributed by atoms with van der Waals surface area (Å²) >= 11 is 6.44. The number of benzene rings is 3. The van der Waals surface area contributed by atoms with E-state index in [1.54, 1.807) is 24.3 Å². The first-order valence-corrected chi connectivity index (χ1v) is 10.5. The second kappa shape index (κ2) is 11.3. The van der Waals surface area contributed by atoms with Crippen molar-refractivity contribution < 1.29 is 18.7 Å². The van der Waals surface area contributed by atoms with Gasteiger partial charge in [0, 0.05) is 0 Å². The van der Waals surface area contributed by atoms with Crippen molar-refractivity contribution in [2.75, 3.05) is 6.61 Å². The molecule has 0 aliphatic carbocycles. The zero-order valence-electron chi connectivity index (χ0n) is 17.9. The number of hydrogen-bond donors (Lipinski definition) is 1. The van der Waals surface area contributed by atoms with Crippen molar-refractivity contribution in [1.29, 1.82) is 0 Å². The summed E-state index contributed by atoms with van der Waals surface area (Å²) in [5, 5.41) is 4.35. The Morgan fingerprint density at radius 2 is 1.88 bits per heavy atom. The largest absolute Gasteiger partial charge is 0.490 e. The van der Waals surface area contributed by atoms with Gasteiger partial charge in [-0.05, 0) is 54.8 Å². The summed E-state index contributed by atoms with van der Waals surface area (Å²) in [6.07, 6.45) is 1.57. The van der Waals surface area contributed by atoms with E-state index >= 15 is 0 Å². The summed E-state index contributed by atoms with van der Waals surface area (Å²) < 4.78 is 24.6. The van der Waals surface area contributed by atoms with E-state index < -0.39 is 0 Å². The lowest BCUT2D eigenvalue weighted by molar-refractivity contribution is -0.120. The molecular weight excluding hydrogens is 431 g/mol. The van der Waals surface area contributed by atoms with Gasteiger partial charge in [-0.2, -0.15) is 5.10 Å². The molecule has 1 N–H and O–H groups in total. The van der Waals surface area contributed by atoms with E-state index in [1.165, 1.54) is 18.3 Å². The maximum Gasteiger partial charge on any atom is 0.244 e. The highest BCUT2D eigenvalue weighted by atomic mass is 35.5. The highest BCUT2D eigenvalue weighted by molar-refractivity contribution is 6.32. The molecule has 32 heavy (non-hydrogen) atoms. The summed E-state index contributed by atoms with van der Waals surface area (Å²) in [6.45, 7) is 4.68. The fourth-order valence-electron chi connectivity index (χ4n) is 3.03. The highest BCUT2D eigenvalue weighted by Gasteiger charge is 2.13. The Morgan fingerprint density at radius 3 is 2.59 bits per heavy atom. The van der Waals surface area contributed by atoms with Crippen LogP contribution >= 0.6 is 11.6 Å². The number of carbonyl (C=O) groups excluding carboxylic acids is 1. The molecule has 166 valence electrons. The molecule has 0 bridgehead atoms. The van der Waals surface area contributed by atoms with Gasteiger partial charge in [-0.15, -0.1) is 0 Å². The first-order chi connectivity index (χ1) is 15.4. The van der Waals surface area contributed by atoms with E-state index in [4.69, 9.17) is 21.1 Å². The molecule has 0 saturated heterocycles. The van der Waals surface area contributed by atoms with Crippen LogP contribution in [0.25, 0.3) is 0 Å². The SMILES string of the molecule is CCOc1cc(/C=N/NC(=O)Cc2ccc(F)cc2)cc(Cl)c1OCc1cccc(C)c1. The second-order valence-corrected chi connectivity index (χ2v) is 7.54. The van der Waals surface area contributed by atoms with Gasteiger partial charge in [0.2, 0.25) is 5.91 Å². The van der Waals surface area contributed by atoms with Gasteiger partial charge in [0.1, 0.15) is 12.4 Å². The average molecular weight is 455 g/mol. The van der Waals surface area contributed by atoms with Crippen LogP contribution in [0.3, 0.4) is 0 Å². The number of nitrogens with zero attached hydrogens (tertiary/aromatic N) is 1. The molecule has 0 aliphatic heterocycles. The summed E-state index contributed by atoms with van der Waals surface area (Å²) in [5.74, 6) is 0.279. The van der Waals surface area contributed by atoms with Gasteiger partial charge in [0.05, 0.1) is 24.3 Å². The van der Waals surface area contributed by atoms with E-state index in [0.29, 0.717) is 40.9 Å². The summed E-state index contributed by atoms with van der Waals surface area (Å²) in [5.41, 5.74) is 5.96. The van der Waals surface area contributed by atoms with E-state index in [-0.39, 0.29) is 18.1 Å². The van der Waals surface area contributed by atoms with E-state index in [1.807, 2.05) is 38.1 Å². The van der Waals surface area contributed by atoms with Crippen molar-refractivity contribution in [3.05, 3.63) is 93.8 Å². The predicted octanol–water partition coefficient (Wildman–Crippen LogP) is 5.46. The number of hydrogen-bond acceptors (Lipinski definition) is 4. The zero-order chi connectivity index (χ0) is 22.9. The number of rotatable bonds is 9. The van der Waals surface area contributed by atoms with Gasteiger partial charge in [-0.1, -0.05) is 53.6 Å². The third-order valence-electron chi connectivity index (χ3n) is 4.48. The number of aryl methyl sites for hydroxylation is 1. The highest BCUT2D eigenvalue weighted by Crippen LogP contribution is 2.37. The predicted molar refractivity (Wildman–Crippen MR) is 124 cm³/mol. The Kier molecular flexibility index (Phi) is 8.22. The molecule has 0 spiro atoms. The fourth-order valence-corrected chi connectivity index (χ4v) is 3.30. The number of hydrazone groups is 1. The number of ether oxygens (including phenoxy) is 2. The van der Waals surface area contributed by atoms with E-state index in [2.05, 4.69) is 10.5 Å².